The van der Waals surface area contributed by atoms with Gasteiger partial charge in [-0.15, -0.1) is 0 Å². The van der Waals surface area contributed by atoms with Crippen molar-refractivity contribution in [3.8, 4) is 11.5 Å². The van der Waals surface area contributed by atoms with Crippen LogP contribution in [0.15, 0.2) is 53.6 Å². The van der Waals surface area contributed by atoms with Crippen molar-refractivity contribution >= 4 is 23.2 Å². The Balaban J connectivity index is 1.99. The van der Waals surface area contributed by atoms with Crippen molar-refractivity contribution in [2.75, 3.05) is 19.5 Å². The molecule has 0 radical (unpaired) electrons. The van der Waals surface area contributed by atoms with Crippen LogP contribution >= 0.6 is 0 Å². The van der Waals surface area contributed by atoms with Crippen LogP contribution in [0.1, 0.15) is 12.5 Å². The lowest BCUT2D eigenvalue weighted by Crippen LogP contribution is -2.33. The van der Waals surface area contributed by atoms with Crippen LogP contribution in [0.2, 0.25) is 0 Å². The first-order valence-electron chi connectivity index (χ1n) is 7.48. The quantitative estimate of drug-likeness (QED) is 0.496. The summed E-state index contributed by atoms with van der Waals surface area (Å²) in [5, 5.41) is 6.42. The standard InChI is InChI=1S/C18H19N3O4/c1-12(13-8-10-14(24-2)11-9-13)20-21-18(23)17(22)19-15-6-4-5-7-16(15)25-3/h4-11H,1-3H3,(H,19,22)(H,21,23)/b20-12+. The minimum atomic E-state index is -0.876. The predicted molar refractivity (Wildman–Crippen MR) is 95.0 cm³/mol. The second-order valence-corrected chi connectivity index (χ2v) is 5.02. The lowest BCUT2D eigenvalue weighted by atomic mass is 10.1. The number of rotatable bonds is 5. The first-order chi connectivity index (χ1) is 12.0. The summed E-state index contributed by atoms with van der Waals surface area (Å²) in [5.74, 6) is -0.534. The molecule has 2 rings (SSSR count). The number of hydrogen-bond acceptors (Lipinski definition) is 5. The molecule has 130 valence electrons. The number of amides is 2. The molecule has 0 saturated carbocycles. The van der Waals surface area contributed by atoms with E-state index in [9.17, 15) is 9.59 Å². The summed E-state index contributed by atoms with van der Waals surface area (Å²) in [6, 6.07) is 14.0. The minimum absolute atomic E-state index is 0.404. The van der Waals surface area contributed by atoms with Gasteiger partial charge >= 0.3 is 11.8 Å². The normalized spacial score (nSPS) is 10.8. The molecular weight excluding hydrogens is 322 g/mol. The molecule has 0 aromatic heterocycles. The Hall–Kier alpha value is -3.35. The van der Waals surface area contributed by atoms with Crippen LogP contribution in [0, 0.1) is 0 Å². The van der Waals surface area contributed by atoms with E-state index in [1.807, 2.05) is 0 Å². The summed E-state index contributed by atoms with van der Waals surface area (Å²) in [6.07, 6.45) is 0. The number of anilines is 1. The van der Waals surface area contributed by atoms with Gasteiger partial charge in [-0.25, -0.2) is 5.43 Å². The monoisotopic (exact) mass is 341 g/mol. The summed E-state index contributed by atoms with van der Waals surface area (Å²) < 4.78 is 10.2. The molecule has 25 heavy (non-hydrogen) atoms. The van der Waals surface area contributed by atoms with Gasteiger partial charge in [-0.2, -0.15) is 5.10 Å². The number of nitrogens with zero attached hydrogens (tertiary/aromatic N) is 1. The van der Waals surface area contributed by atoms with Gasteiger partial charge in [0.25, 0.3) is 0 Å². The lowest BCUT2D eigenvalue weighted by molar-refractivity contribution is -0.136. The maximum atomic E-state index is 11.9. The highest BCUT2D eigenvalue weighted by molar-refractivity contribution is 6.39. The van der Waals surface area contributed by atoms with Crippen molar-refractivity contribution < 1.29 is 19.1 Å². The van der Waals surface area contributed by atoms with Gasteiger partial charge in [0.1, 0.15) is 11.5 Å². The van der Waals surface area contributed by atoms with Crippen molar-refractivity contribution in [3.05, 3.63) is 54.1 Å². The third-order valence-electron chi connectivity index (χ3n) is 3.39. The third kappa shape index (κ3) is 4.81. The molecule has 0 aliphatic heterocycles. The van der Waals surface area contributed by atoms with Gasteiger partial charge in [0.15, 0.2) is 0 Å². The van der Waals surface area contributed by atoms with E-state index in [1.54, 1.807) is 62.6 Å². The van der Waals surface area contributed by atoms with Crippen molar-refractivity contribution in [2.24, 2.45) is 5.10 Å². The molecule has 0 unspecified atom stereocenters. The number of hydrazone groups is 1. The molecule has 2 aromatic rings. The molecule has 0 saturated heterocycles. The number of carbonyl (C=O) groups is 2. The molecular formula is C18H19N3O4. The molecule has 7 nitrogen and oxygen atoms in total. The number of ether oxygens (including phenoxy) is 2. The topological polar surface area (TPSA) is 89.0 Å². The van der Waals surface area contributed by atoms with E-state index in [4.69, 9.17) is 9.47 Å². The van der Waals surface area contributed by atoms with Gasteiger partial charge in [0, 0.05) is 0 Å². The predicted octanol–water partition coefficient (Wildman–Crippen LogP) is 2.18. The smallest absolute Gasteiger partial charge is 0.329 e. The van der Waals surface area contributed by atoms with Crippen LogP contribution in [0.5, 0.6) is 11.5 Å². The van der Waals surface area contributed by atoms with E-state index in [-0.39, 0.29) is 0 Å². The molecule has 0 spiro atoms. The Labute approximate surface area is 145 Å². The number of para-hydroxylation sites is 2. The Morgan fingerprint density at radius 3 is 2.24 bits per heavy atom. The van der Waals surface area contributed by atoms with E-state index in [0.717, 1.165) is 11.3 Å². The van der Waals surface area contributed by atoms with Crippen molar-refractivity contribution in [2.45, 2.75) is 6.92 Å². The molecule has 2 amide bonds. The fourth-order valence-electron chi connectivity index (χ4n) is 2.01. The average molecular weight is 341 g/mol. The summed E-state index contributed by atoms with van der Waals surface area (Å²) in [6.45, 7) is 1.72. The minimum Gasteiger partial charge on any atom is -0.497 e. The molecule has 2 aromatic carbocycles. The fraction of sp³-hybridized carbons (Fsp3) is 0.167. The molecule has 0 aliphatic rings. The first kappa shape index (κ1) is 18.0. The number of hydrogen-bond donors (Lipinski definition) is 2. The molecule has 2 N–H and O–H groups in total. The average Bonchev–Trinajstić information content (AvgIpc) is 2.66. The molecule has 0 heterocycles. The maximum absolute atomic E-state index is 11.9. The number of benzene rings is 2. The largest absolute Gasteiger partial charge is 0.497 e. The summed E-state index contributed by atoms with van der Waals surface area (Å²) in [7, 11) is 3.06. The first-order valence-corrected chi connectivity index (χ1v) is 7.48. The van der Waals surface area contributed by atoms with Gasteiger partial charge in [-0.05, 0) is 48.9 Å². The van der Waals surface area contributed by atoms with Crippen molar-refractivity contribution in [1.29, 1.82) is 0 Å². The Morgan fingerprint density at radius 1 is 0.920 bits per heavy atom. The molecule has 0 atom stereocenters. The van der Waals surface area contributed by atoms with Crippen LogP contribution in [-0.2, 0) is 9.59 Å². The second kappa shape index (κ2) is 8.49. The maximum Gasteiger partial charge on any atom is 0.329 e. The van der Waals surface area contributed by atoms with Crippen LogP contribution in [0.4, 0.5) is 5.69 Å². The molecule has 7 heteroatoms. The fourth-order valence-corrected chi connectivity index (χ4v) is 2.01. The van der Waals surface area contributed by atoms with E-state index in [1.165, 1.54) is 7.11 Å². The highest BCUT2D eigenvalue weighted by atomic mass is 16.5. The van der Waals surface area contributed by atoms with Gasteiger partial charge < -0.3 is 14.8 Å². The summed E-state index contributed by atoms with van der Waals surface area (Å²) >= 11 is 0. The van der Waals surface area contributed by atoms with Crippen LogP contribution in [-0.4, -0.2) is 31.7 Å². The lowest BCUT2D eigenvalue weighted by Gasteiger charge is -2.09. The van der Waals surface area contributed by atoms with Crippen LogP contribution in [0.25, 0.3) is 0 Å². The van der Waals surface area contributed by atoms with Crippen LogP contribution < -0.4 is 20.2 Å². The summed E-state index contributed by atoms with van der Waals surface area (Å²) in [4.78, 5) is 23.8. The highest BCUT2D eigenvalue weighted by Gasteiger charge is 2.15. The van der Waals surface area contributed by atoms with E-state index in [2.05, 4.69) is 15.8 Å². The zero-order chi connectivity index (χ0) is 18.2. The van der Waals surface area contributed by atoms with Crippen molar-refractivity contribution in [3.63, 3.8) is 0 Å². The zero-order valence-corrected chi connectivity index (χ0v) is 14.2. The van der Waals surface area contributed by atoms with E-state index in [0.29, 0.717) is 17.1 Å². The van der Waals surface area contributed by atoms with Gasteiger partial charge in [0.05, 0.1) is 25.6 Å². The number of carbonyl (C=O) groups excluding carboxylic acids is 2. The van der Waals surface area contributed by atoms with Gasteiger partial charge in [-0.3, -0.25) is 9.59 Å². The molecule has 0 bridgehead atoms. The van der Waals surface area contributed by atoms with Crippen LogP contribution in [0.3, 0.4) is 0 Å². The second-order valence-electron chi connectivity index (χ2n) is 5.02. The Morgan fingerprint density at radius 2 is 1.60 bits per heavy atom. The number of methoxy groups -OCH3 is 2. The Kier molecular flexibility index (Phi) is 6.11. The Bertz CT molecular complexity index is 785. The SMILES string of the molecule is COc1ccc(/C(C)=N/NC(=O)C(=O)Nc2ccccc2OC)cc1. The number of nitrogens with one attached hydrogen (secondary N) is 2. The van der Waals surface area contributed by atoms with Gasteiger partial charge in [0.2, 0.25) is 0 Å². The molecule has 0 aliphatic carbocycles. The summed E-state index contributed by atoms with van der Waals surface area (Å²) in [5.41, 5.74) is 3.99. The van der Waals surface area contributed by atoms with Crippen molar-refractivity contribution in [1.82, 2.24) is 5.43 Å². The third-order valence-corrected chi connectivity index (χ3v) is 3.39. The van der Waals surface area contributed by atoms with E-state index >= 15 is 0 Å². The highest BCUT2D eigenvalue weighted by Crippen LogP contribution is 2.22. The van der Waals surface area contributed by atoms with Gasteiger partial charge in [-0.1, -0.05) is 12.1 Å². The van der Waals surface area contributed by atoms with E-state index < -0.39 is 11.8 Å². The zero-order valence-electron chi connectivity index (χ0n) is 14.2. The molecule has 0 fully saturated rings.